The van der Waals surface area contributed by atoms with Crippen LogP contribution in [0.15, 0.2) is 34.2 Å². The number of hydrogen-bond donors (Lipinski definition) is 2. The molecule has 2 aromatic heterocycles. The fourth-order valence-corrected chi connectivity index (χ4v) is 4.58. The van der Waals surface area contributed by atoms with Gasteiger partial charge in [0.15, 0.2) is 5.16 Å². The van der Waals surface area contributed by atoms with Gasteiger partial charge < -0.3 is 10.3 Å². The predicted octanol–water partition coefficient (Wildman–Crippen LogP) is 3.72. The summed E-state index contributed by atoms with van der Waals surface area (Å²) in [6.45, 7) is 6.09. The van der Waals surface area contributed by atoms with Gasteiger partial charge in [0.25, 0.3) is 5.56 Å². The lowest BCUT2D eigenvalue weighted by Crippen LogP contribution is -2.30. The topological polar surface area (TPSA) is 74.8 Å². The molecule has 0 aliphatic carbocycles. The van der Waals surface area contributed by atoms with Crippen molar-refractivity contribution in [1.82, 2.24) is 15.3 Å². The molecule has 0 radical (unpaired) electrons. The van der Waals surface area contributed by atoms with Gasteiger partial charge in [-0.25, -0.2) is 9.37 Å². The van der Waals surface area contributed by atoms with Crippen LogP contribution in [-0.4, -0.2) is 27.7 Å². The second kappa shape index (κ2) is 7.59. The first-order chi connectivity index (χ1) is 12.4. The van der Waals surface area contributed by atoms with Crippen molar-refractivity contribution >= 4 is 39.2 Å². The van der Waals surface area contributed by atoms with Crippen LogP contribution in [-0.2, 0) is 4.79 Å². The number of halogens is 1. The maximum absolute atomic E-state index is 13.2. The van der Waals surface area contributed by atoms with Gasteiger partial charge in [-0.15, -0.1) is 11.3 Å². The van der Waals surface area contributed by atoms with Crippen molar-refractivity contribution in [3.63, 3.8) is 0 Å². The van der Waals surface area contributed by atoms with Crippen molar-refractivity contribution in [3.05, 3.63) is 45.3 Å². The van der Waals surface area contributed by atoms with Crippen LogP contribution in [0.25, 0.3) is 21.3 Å². The number of fused-ring (bicyclic) bond motifs is 1. The molecule has 0 aliphatic heterocycles. The highest BCUT2D eigenvalue weighted by Crippen LogP contribution is 2.36. The summed E-state index contributed by atoms with van der Waals surface area (Å²) in [5.41, 5.74) is 1.29. The van der Waals surface area contributed by atoms with Gasteiger partial charge in [0.05, 0.1) is 10.6 Å². The molecule has 2 heterocycles. The normalized spacial score (nSPS) is 12.3. The minimum Gasteiger partial charge on any atom is -0.355 e. The molecule has 0 bridgehead atoms. The Morgan fingerprint density at radius 3 is 2.73 bits per heavy atom. The van der Waals surface area contributed by atoms with Crippen molar-refractivity contribution < 1.29 is 9.18 Å². The zero-order chi connectivity index (χ0) is 18.8. The number of thioether (sulfide) groups is 1. The quantitative estimate of drug-likeness (QED) is 0.514. The van der Waals surface area contributed by atoms with Gasteiger partial charge in [0.2, 0.25) is 5.91 Å². The number of rotatable bonds is 5. The Morgan fingerprint density at radius 2 is 2.08 bits per heavy atom. The number of hydrogen-bond acceptors (Lipinski definition) is 5. The van der Waals surface area contributed by atoms with Crippen LogP contribution in [0.1, 0.15) is 18.7 Å². The van der Waals surface area contributed by atoms with Gasteiger partial charge in [0.1, 0.15) is 10.6 Å². The average molecular weight is 391 g/mol. The van der Waals surface area contributed by atoms with Crippen molar-refractivity contribution in [1.29, 1.82) is 0 Å². The number of aryl methyl sites for hydroxylation is 1. The second-order valence-corrected chi connectivity index (χ2v) is 8.28. The Labute approximate surface area is 158 Å². The molecule has 8 heteroatoms. The van der Waals surface area contributed by atoms with E-state index >= 15 is 0 Å². The van der Waals surface area contributed by atoms with Crippen molar-refractivity contribution in [2.24, 2.45) is 0 Å². The summed E-state index contributed by atoms with van der Waals surface area (Å²) in [7, 11) is 0. The Morgan fingerprint density at radius 1 is 1.38 bits per heavy atom. The third kappa shape index (κ3) is 3.66. The smallest absolute Gasteiger partial charge is 0.260 e. The van der Waals surface area contributed by atoms with E-state index in [-0.39, 0.29) is 22.5 Å². The number of thiophene rings is 1. The van der Waals surface area contributed by atoms with Gasteiger partial charge in [-0.3, -0.25) is 9.59 Å². The first kappa shape index (κ1) is 18.6. The number of nitrogens with one attached hydrogen (secondary N) is 2. The maximum Gasteiger partial charge on any atom is 0.260 e. The molecular formula is C18H18FN3O2S2. The Balaban J connectivity index is 2.02. The molecule has 1 atom stereocenters. The lowest BCUT2D eigenvalue weighted by molar-refractivity contribution is -0.120. The van der Waals surface area contributed by atoms with Crippen LogP contribution in [0.2, 0.25) is 0 Å². The molecule has 1 aromatic carbocycles. The first-order valence-electron chi connectivity index (χ1n) is 8.14. The third-order valence-electron chi connectivity index (χ3n) is 3.86. The lowest BCUT2D eigenvalue weighted by atomic mass is 10.0. The number of benzene rings is 1. The largest absolute Gasteiger partial charge is 0.355 e. The summed E-state index contributed by atoms with van der Waals surface area (Å²) in [5.74, 6) is -0.425. The van der Waals surface area contributed by atoms with Crippen LogP contribution in [0.5, 0.6) is 0 Å². The highest BCUT2D eigenvalue weighted by molar-refractivity contribution is 8.00. The second-order valence-electron chi connectivity index (χ2n) is 5.75. The summed E-state index contributed by atoms with van der Waals surface area (Å²) >= 11 is 2.63. The van der Waals surface area contributed by atoms with Crippen LogP contribution >= 0.6 is 23.1 Å². The van der Waals surface area contributed by atoms with Gasteiger partial charge in [0, 0.05) is 17.0 Å². The molecule has 1 amide bonds. The van der Waals surface area contributed by atoms with E-state index < -0.39 is 0 Å². The van der Waals surface area contributed by atoms with Gasteiger partial charge in [-0.2, -0.15) is 0 Å². The molecule has 0 fully saturated rings. The highest BCUT2D eigenvalue weighted by atomic mass is 32.2. The van der Waals surface area contributed by atoms with Crippen molar-refractivity contribution in [2.75, 3.05) is 6.54 Å². The Hall–Kier alpha value is -2.19. The summed E-state index contributed by atoms with van der Waals surface area (Å²) in [6.07, 6.45) is 0. The third-order valence-corrected chi connectivity index (χ3v) is 5.84. The fourth-order valence-electron chi connectivity index (χ4n) is 2.66. The molecule has 136 valence electrons. The van der Waals surface area contributed by atoms with E-state index in [0.717, 1.165) is 16.0 Å². The average Bonchev–Trinajstić information content (AvgIpc) is 2.92. The molecular weight excluding hydrogens is 373 g/mol. The number of carbonyl (C=O) groups excluding carboxylic acids is 1. The number of aromatic amines is 1. The van der Waals surface area contributed by atoms with Crippen molar-refractivity contribution in [2.45, 2.75) is 31.2 Å². The number of H-pyrrole nitrogens is 1. The molecule has 3 rings (SSSR count). The lowest BCUT2D eigenvalue weighted by Gasteiger charge is -2.09. The minimum atomic E-state index is -0.367. The Kier molecular flexibility index (Phi) is 5.43. The van der Waals surface area contributed by atoms with Crippen LogP contribution < -0.4 is 10.9 Å². The van der Waals surface area contributed by atoms with Gasteiger partial charge >= 0.3 is 0 Å². The number of carbonyl (C=O) groups is 1. The number of nitrogens with zero attached hydrogens (tertiary/aromatic N) is 1. The van der Waals surface area contributed by atoms with E-state index in [1.54, 1.807) is 19.1 Å². The van der Waals surface area contributed by atoms with E-state index in [1.165, 1.54) is 35.2 Å². The Bertz CT molecular complexity index is 1010. The van der Waals surface area contributed by atoms with E-state index in [4.69, 9.17) is 0 Å². The summed E-state index contributed by atoms with van der Waals surface area (Å²) in [6, 6.07) is 6.06. The molecule has 0 saturated carbocycles. The molecule has 2 N–H and O–H groups in total. The van der Waals surface area contributed by atoms with E-state index in [0.29, 0.717) is 21.9 Å². The van der Waals surface area contributed by atoms with Crippen LogP contribution in [0.4, 0.5) is 4.39 Å². The maximum atomic E-state index is 13.2. The SMILES string of the molecule is CCNC(=O)[C@H](C)Sc1nc2sc(C)c(-c3ccc(F)cc3)c2c(=O)[nH]1. The zero-order valence-corrected chi connectivity index (χ0v) is 16.2. The zero-order valence-electron chi connectivity index (χ0n) is 14.6. The monoisotopic (exact) mass is 391 g/mol. The summed E-state index contributed by atoms with van der Waals surface area (Å²) in [5, 5.41) is 3.29. The van der Waals surface area contributed by atoms with E-state index in [2.05, 4.69) is 15.3 Å². The van der Waals surface area contributed by atoms with Crippen molar-refractivity contribution in [3.8, 4) is 11.1 Å². The molecule has 0 unspecified atom stereocenters. The molecule has 3 aromatic rings. The van der Waals surface area contributed by atoms with E-state index in [9.17, 15) is 14.0 Å². The molecule has 26 heavy (non-hydrogen) atoms. The molecule has 0 spiro atoms. The number of aromatic nitrogens is 2. The number of amides is 1. The highest BCUT2D eigenvalue weighted by Gasteiger charge is 2.19. The molecule has 0 aliphatic rings. The molecule has 5 nitrogen and oxygen atoms in total. The fraction of sp³-hybridized carbons (Fsp3) is 0.278. The predicted molar refractivity (Wildman–Crippen MR) is 104 cm³/mol. The van der Waals surface area contributed by atoms with Crippen LogP contribution in [0, 0.1) is 12.7 Å². The molecule has 0 saturated heterocycles. The summed E-state index contributed by atoms with van der Waals surface area (Å²) < 4.78 is 13.2. The van der Waals surface area contributed by atoms with Gasteiger partial charge in [-0.1, -0.05) is 23.9 Å². The van der Waals surface area contributed by atoms with Gasteiger partial charge in [-0.05, 0) is 38.5 Å². The van der Waals surface area contributed by atoms with Crippen LogP contribution in [0.3, 0.4) is 0 Å². The first-order valence-corrected chi connectivity index (χ1v) is 9.84. The summed E-state index contributed by atoms with van der Waals surface area (Å²) in [4.78, 5) is 33.4. The van der Waals surface area contributed by atoms with E-state index in [1.807, 2.05) is 13.8 Å². The minimum absolute atomic E-state index is 0.102. The standard InChI is InChI=1S/C18H18FN3O2S2/c1-4-20-15(23)10(3)26-18-21-16(24)14-13(9(2)25-17(14)22-18)11-5-7-12(19)8-6-11/h5-8,10H,4H2,1-3H3,(H,20,23)(H,21,22,24)/t10-/m0/s1.